The molecule has 0 aromatic carbocycles. The summed E-state index contributed by atoms with van der Waals surface area (Å²) in [5.74, 6) is 0. The maximum absolute atomic E-state index is 5.88. The Labute approximate surface area is 81.4 Å². The van der Waals surface area contributed by atoms with Crippen molar-refractivity contribution in [3.05, 3.63) is 35.4 Å². The molecule has 0 aliphatic heterocycles. The fraction of sp³-hybridized carbons (Fsp3) is 0.222. The van der Waals surface area contributed by atoms with Crippen LogP contribution in [0.5, 0.6) is 0 Å². The number of nitrogens with zero attached hydrogens (tertiary/aromatic N) is 2. The second-order valence-electron chi connectivity index (χ2n) is 2.85. The summed E-state index contributed by atoms with van der Waals surface area (Å²) in [6, 6.07) is 4.02. The summed E-state index contributed by atoms with van der Waals surface area (Å²) in [5.41, 5.74) is 2.26. The molecule has 2 rings (SSSR count). The molecule has 2 heterocycles. The van der Waals surface area contributed by atoms with Gasteiger partial charge in [-0.1, -0.05) is 6.07 Å². The van der Waals surface area contributed by atoms with Crippen LogP contribution in [0.1, 0.15) is 5.56 Å². The van der Waals surface area contributed by atoms with E-state index in [-0.39, 0.29) is 0 Å². The first kappa shape index (κ1) is 8.53. The van der Waals surface area contributed by atoms with Crippen LogP contribution in [0.3, 0.4) is 0 Å². The van der Waals surface area contributed by atoms with E-state index in [0.717, 1.165) is 12.1 Å². The number of halogens is 1. The largest absolute Gasteiger partial charge is 0.316 e. The first-order chi connectivity index (χ1) is 6.33. The standard InChI is InChI=1S/C9H10ClN3/c1-11-5-7-3-2-4-13-8(7)6-12-9(13)10/h2-4,6,11H,5H2,1H3. The Bertz CT molecular complexity index is 422. The van der Waals surface area contributed by atoms with Gasteiger partial charge in [0.05, 0.1) is 11.7 Å². The van der Waals surface area contributed by atoms with Crippen LogP contribution in [0, 0.1) is 0 Å². The van der Waals surface area contributed by atoms with E-state index in [0.29, 0.717) is 5.28 Å². The average molecular weight is 196 g/mol. The Morgan fingerprint density at radius 2 is 2.46 bits per heavy atom. The minimum absolute atomic E-state index is 0.507. The molecule has 2 aromatic rings. The predicted molar refractivity (Wildman–Crippen MR) is 53.0 cm³/mol. The van der Waals surface area contributed by atoms with Crippen LogP contribution in [0.15, 0.2) is 24.5 Å². The molecule has 0 saturated carbocycles. The van der Waals surface area contributed by atoms with E-state index in [9.17, 15) is 0 Å². The van der Waals surface area contributed by atoms with Crippen LogP contribution < -0.4 is 5.32 Å². The number of hydrogen-bond donors (Lipinski definition) is 1. The minimum Gasteiger partial charge on any atom is -0.316 e. The second-order valence-corrected chi connectivity index (χ2v) is 3.18. The molecule has 68 valence electrons. The van der Waals surface area contributed by atoms with Crippen molar-refractivity contribution < 1.29 is 0 Å². The molecular weight excluding hydrogens is 186 g/mol. The van der Waals surface area contributed by atoms with E-state index in [1.165, 1.54) is 5.56 Å². The molecule has 0 atom stereocenters. The van der Waals surface area contributed by atoms with Crippen LogP contribution in [-0.2, 0) is 6.54 Å². The minimum atomic E-state index is 0.507. The van der Waals surface area contributed by atoms with Gasteiger partial charge in [0.2, 0.25) is 5.28 Å². The highest BCUT2D eigenvalue weighted by atomic mass is 35.5. The second kappa shape index (κ2) is 3.36. The zero-order valence-electron chi connectivity index (χ0n) is 7.29. The third kappa shape index (κ3) is 1.41. The number of pyridine rings is 1. The van der Waals surface area contributed by atoms with E-state index in [4.69, 9.17) is 11.6 Å². The van der Waals surface area contributed by atoms with Crippen LogP contribution in [-0.4, -0.2) is 16.4 Å². The summed E-state index contributed by atoms with van der Waals surface area (Å²) in [5, 5.41) is 3.61. The summed E-state index contributed by atoms with van der Waals surface area (Å²) in [4.78, 5) is 4.04. The van der Waals surface area contributed by atoms with Gasteiger partial charge in [0.1, 0.15) is 0 Å². The van der Waals surface area contributed by atoms with Crippen molar-refractivity contribution in [3.63, 3.8) is 0 Å². The van der Waals surface area contributed by atoms with Gasteiger partial charge in [-0.3, -0.25) is 4.40 Å². The van der Waals surface area contributed by atoms with Crippen molar-refractivity contribution in [2.75, 3.05) is 7.05 Å². The van der Waals surface area contributed by atoms with Crippen molar-refractivity contribution >= 4 is 17.1 Å². The van der Waals surface area contributed by atoms with E-state index in [1.54, 1.807) is 6.20 Å². The normalized spacial score (nSPS) is 10.9. The van der Waals surface area contributed by atoms with Gasteiger partial charge in [-0.15, -0.1) is 0 Å². The highest BCUT2D eigenvalue weighted by molar-refractivity contribution is 6.28. The number of rotatable bonds is 2. The smallest absolute Gasteiger partial charge is 0.207 e. The zero-order chi connectivity index (χ0) is 9.26. The van der Waals surface area contributed by atoms with Gasteiger partial charge in [-0.25, -0.2) is 4.98 Å². The van der Waals surface area contributed by atoms with Crippen molar-refractivity contribution in [2.24, 2.45) is 0 Å². The quantitative estimate of drug-likeness (QED) is 0.791. The Morgan fingerprint density at radius 1 is 1.62 bits per heavy atom. The molecule has 0 radical (unpaired) electrons. The number of imidazole rings is 1. The van der Waals surface area contributed by atoms with Crippen molar-refractivity contribution in [1.82, 2.24) is 14.7 Å². The molecule has 3 nitrogen and oxygen atoms in total. The molecule has 0 aliphatic carbocycles. The lowest BCUT2D eigenvalue weighted by Gasteiger charge is -2.02. The van der Waals surface area contributed by atoms with E-state index < -0.39 is 0 Å². The molecule has 1 N–H and O–H groups in total. The fourth-order valence-corrected chi connectivity index (χ4v) is 1.58. The summed E-state index contributed by atoms with van der Waals surface area (Å²) >= 11 is 5.88. The third-order valence-electron chi connectivity index (χ3n) is 1.98. The van der Waals surface area contributed by atoms with E-state index in [2.05, 4.69) is 16.4 Å². The van der Waals surface area contributed by atoms with Crippen LogP contribution in [0.2, 0.25) is 5.28 Å². The first-order valence-corrected chi connectivity index (χ1v) is 4.46. The molecule has 0 fully saturated rings. The van der Waals surface area contributed by atoms with E-state index >= 15 is 0 Å². The Kier molecular flexibility index (Phi) is 2.20. The average Bonchev–Trinajstić information content (AvgIpc) is 2.50. The molecule has 0 aliphatic rings. The number of nitrogens with one attached hydrogen (secondary N) is 1. The summed E-state index contributed by atoms with van der Waals surface area (Å²) in [6.45, 7) is 0.826. The van der Waals surface area contributed by atoms with E-state index in [1.807, 2.05) is 23.7 Å². The number of aromatic nitrogens is 2. The molecule has 0 spiro atoms. The van der Waals surface area contributed by atoms with Gasteiger partial charge in [0.25, 0.3) is 0 Å². The van der Waals surface area contributed by atoms with Crippen LogP contribution >= 0.6 is 11.6 Å². The van der Waals surface area contributed by atoms with Gasteiger partial charge in [-0.2, -0.15) is 0 Å². The lowest BCUT2D eigenvalue weighted by molar-refractivity contribution is 0.819. The van der Waals surface area contributed by atoms with Crippen molar-refractivity contribution in [1.29, 1.82) is 0 Å². The molecule has 0 unspecified atom stereocenters. The highest BCUT2D eigenvalue weighted by Gasteiger charge is 2.03. The van der Waals surface area contributed by atoms with Crippen LogP contribution in [0.4, 0.5) is 0 Å². The summed E-state index contributed by atoms with van der Waals surface area (Å²) in [6.07, 6.45) is 3.69. The molecular formula is C9H10ClN3. The summed E-state index contributed by atoms with van der Waals surface area (Å²) in [7, 11) is 1.92. The monoisotopic (exact) mass is 195 g/mol. The number of fused-ring (bicyclic) bond motifs is 1. The maximum Gasteiger partial charge on any atom is 0.207 e. The van der Waals surface area contributed by atoms with Crippen molar-refractivity contribution in [2.45, 2.75) is 6.54 Å². The Morgan fingerprint density at radius 3 is 3.23 bits per heavy atom. The molecule has 4 heteroatoms. The topological polar surface area (TPSA) is 29.3 Å². The van der Waals surface area contributed by atoms with Crippen molar-refractivity contribution in [3.8, 4) is 0 Å². The number of hydrogen-bond acceptors (Lipinski definition) is 2. The Balaban J connectivity index is 2.63. The van der Waals surface area contributed by atoms with Crippen LogP contribution in [0.25, 0.3) is 5.52 Å². The molecule has 13 heavy (non-hydrogen) atoms. The maximum atomic E-state index is 5.88. The SMILES string of the molecule is CNCc1cccn2c(Cl)ncc12. The molecule has 0 amide bonds. The van der Waals surface area contributed by atoms with Gasteiger partial charge < -0.3 is 5.32 Å². The first-order valence-electron chi connectivity index (χ1n) is 4.08. The molecule has 0 saturated heterocycles. The lowest BCUT2D eigenvalue weighted by Crippen LogP contribution is -2.06. The van der Waals surface area contributed by atoms with Gasteiger partial charge in [0.15, 0.2) is 0 Å². The zero-order valence-corrected chi connectivity index (χ0v) is 8.04. The molecule has 2 aromatic heterocycles. The lowest BCUT2D eigenvalue weighted by atomic mass is 10.2. The van der Waals surface area contributed by atoms with Gasteiger partial charge in [0, 0.05) is 12.7 Å². The van der Waals surface area contributed by atoms with Gasteiger partial charge in [-0.05, 0) is 30.3 Å². The molecule has 0 bridgehead atoms. The highest BCUT2D eigenvalue weighted by Crippen LogP contribution is 2.15. The fourth-order valence-electron chi connectivity index (χ4n) is 1.39. The third-order valence-corrected chi connectivity index (χ3v) is 2.26. The summed E-state index contributed by atoms with van der Waals surface area (Å²) < 4.78 is 1.87. The van der Waals surface area contributed by atoms with Gasteiger partial charge >= 0.3 is 0 Å². The Hall–Kier alpha value is -1.06. The predicted octanol–water partition coefficient (Wildman–Crippen LogP) is 1.71.